The zero-order chi connectivity index (χ0) is 18.6. The van der Waals surface area contributed by atoms with Crippen molar-refractivity contribution in [3.8, 4) is 0 Å². The number of hydrogen-bond acceptors (Lipinski definition) is 3. The topological polar surface area (TPSA) is 36.4 Å². The second kappa shape index (κ2) is 8.01. The van der Waals surface area contributed by atoms with E-state index in [2.05, 4.69) is 16.0 Å². The van der Waals surface area contributed by atoms with Gasteiger partial charge in [0.2, 0.25) is 5.91 Å². The Balaban J connectivity index is 1.41. The van der Waals surface area contributed by atoms with E-state index >= 15 is 0 Å². The number of carbonyl (C=O) groups is 1. The van der Waals surface area contributed by atoms with Gasteiger partial charge in [0.1, 0.15) is 5.82 Å². The van der Waals surface area contributed by atoms with Crippen LogP contribution < -0.4 is 0 Å². The van der Waals surface area contributed by atoms with Crippen molar-refractivity contribution in [2.45, 2.75) is 25.4 Å². The van der Waals surface area contributed by atoms with Crippen LogP contribution in [0.15, 0.2) is 54.7 Å². The molecule has 27 heavy (non-hydrogen) atoms. The second-order valence-electron chi connectivity index (χ2n) is 7.39. The van der Waals surface area contributed by atoms with Gasteiger partial charge in [0.15, 0.2) is 0 Å². The highest BCUT2D eigenvalue weighted by molar-refractivity contribution is 5.80. The van der Waals surface area contributed by atoms with Crippen LogP contribution in [0, 0.1) is 11.7 Å². The summed E-state index contributed by atoms with van der Waals surface area (Å²) < 4.78 is 13.0. The normalized spacial score (nSPS) is 23.1. The molecule has 3 fully saturated rings. The molecule has 0 saturated carbocycles. The summed E-state index contributed by atoms with van der Waals surface area (Å²) >= 11 is 0. The van der Waals surface area contributed by atoms with Crippen LogP contribution in [0.1, 0.15) is 24.1 Å². The molecule has 3 aliphatic rings. The Morgan fingerprint density at radius 1 is 1.11 bits per heavy atom. The molecule has 1 aromatic carbocycles. The largest absolute Gasteiger partial charge is 0.332 e. The molecule has 1 amide bonds. The minimum Gasteiger partial charge on any atom is -0.332 e. The summed E-state index contributed by atoms with van der Waals surface area (Å²) in [5, 5.41) is 0. The predicted molar refractivity (Wildman–Crippen MR) is 103 cm³/mol. The van der Waals surface area contributed by atoms with E-state index in [0.717, 1.165) is 43.7 Å². The number of piperidine rings is 1. The molecule has 2 bridgehead atoms. The first kappa shape index (κ1) is 17.9. The molecule has 1 aromatic heterocycles. The van der Waals surface area contributed by atoms with Crippen LogP contribution >= 0.6 is 0 Å². The highest BCUT2D eigenvalue weighted by atomic mass is 19.1. The SMILES string of the molecule is O=C1[C@H]2CC[C@H](CN(C/C=C/c3ccc(F)cc3)C2)N1Cc1ccccn1. The van der Waals surface area contributed by atoms with Crippen molar-refractivity contribution in [3.63, 3.8) is 0 Å². The van der Waals surface area contributed by atoms with E-state index in [0.29, 0.717) is 6.54 Å². The van der Waals surface area contributed by atoms with Gasteiger partial charge in [-0.05, 0) is 42.7 Å². The molecule has 2 aromatic rings. The molecule has 5 heteroatoms. The first-order chi connectivity index (χ1) is 13.2. The fourth-order valence-electron chi connectivity index (χ4n) is 4.06. The van der Waals surface area contributed by atoms with Crippen molar-refractivity contribution >= 4 is 12.0 Å². The number of rotatable bonds is 5. The first-order valence-corrected chi connectivity index (χ1v) is 9.54. The summed E-state index contributed by atoms with van der Waals surface area (Å²) in [7, 11) is 0. The van der Waals surface area contributed by atoms with E-state index in [9.17, 15) is 9.18 Å². The van der Waals surface area contributed by atoms with E-state index in [-0.39, 0.29) is 23.7 Å². The molecule has 0 N–H and O–H groups in total. The molecule has 0 radical (unpaired) electrons. The van der Waals surface area contributed by atoms with E-state index in [1.165, 1.54) is 12.1 Å². The van der Waals surface area contributed by atoms with Crippen molar-refractivity contribution in [2.24, 2.45) is 5.92 Å². The molecule has 3 saturated heterocycles. The van der Waals surface area contributed by atoms with E-state index in [1.807, 2.05) is 29.2 Å². The molecule has 0 aliphatic carbocycles. The number of nitrogens with zero attached hydrogens (tertiary/aromatic N) is 3. The van der Waals surface area contributed by atoms with Crippen LogP contribution in [-0.2, 0) is 11.3 Å². The Hall–Kier alpha value is -2.53. The third-order valence-corrected chi connectivity index (χ3v) is 5.47. The summed E-state index contributed by atoms with van der Waals surface area (Å²) in [6, 6.07) is 12.6. The Morgan fingerprint density at radius 2 is 1.96 bits per heavy atom. The Labute approximate surface area is 159 Å². The maximum Gasteiger partial charge on any atom is 0.227 e. The van der Waals surface area contributed by atoms with Crippen molar-refractivity contribution in [2.75, 3.05) is 19.6 Å². The van der Waals surface area contributed by atoms with Gasteiger partial charge in [-0.2, -0.15) is 0 Å². The Kier molecular flexibility index (Phi) is 5.30. The quantitative estimate of drug-likeness (QED) is 0.815. The summed E-state index contributed by atoms with van der Waals surface area (Å²) in [5.74, 6) is 0.122. The molecule has 2 atom stereocenters. The van der Waals surface area contributed by atoms with Crippen molar-refractivity contribution in [1.82, 2.24) is 14.8 Å². The van der Waals surface area contributed by atoms with Gasteiger partial charge < -0.3 is 4.90 Å². The molecule has 5 rings (SSSR count). The molecule has 0 unspecified atom stereocenters. The Bertz CT molecular complexity index is 806. The van der Waals surface area contributed by atoms with Gasteiger partial charge in [0.25, 0.3) is 0 Å². The van der Waals surface area contributed by atoms with E-state index < -0.39 is 0 Å². The molecular weight excluding hydrogens is 341 g/mol. The first-order valence-electron chi connectivity index (χ1n) is 9.54. The summed E-state index contributed by atoms with van der Waals surface area (Å²) in [6.45, 7) is 3.10. The van der Waals surface area contributed by atoms with Crippen LogP contribution in [0.3, 0.4) is 0 Å². The monoisotopic (exact) mass is 365 g/mol. The van der Waals surface area contributed by atoms with Gasteiger partial charge in [-0.15, -0.1) is 0 Å². The van der Waals surface area contributed by atoms with Gasteiger partial charge in [0, 0.05) is 31.9 Å². The van der Waals surface area contributed by atoms with Gasteiger partial charge in [-0.1, -0.05) is 30.4 Å². The standard InChI is InChI=1S/C22H24FN3O/c23-19-9-6-17(7-10-19)4-3-13-25-14-18-8-11-21(16-25)26(22(18)27)15-20-5-1-2-12-24-20/h1-7,9-10,12,18,21H,8,11,13-16H2/b4-3+/t18-,21+/m0/s1. The fourth-order valence-corrected chi connectivity index (χ4v) is 4.06. The maximum atomic E-state index is 13.0. The maximum absolute atomic E-state index is 13.0. The average Bonchev–Trinajstić information content (AvgIpc) is 2.96. The lowest BCUT2D eigenvalue weighted by Crippen LogP contribution is -2.47. The highest BCUT2D eigenvalue weighted by Crippen LogP contribution is 2.30. The number of fused-ring (bicyclic) bond motifs is 4. The van der Waals surface area contributed by atoms with Crippen molar-refractivity contribution in [1.29, 1.82) is 0 Å². The zero-order valence-electron chi connectivity index (χ0n) is 15.3. The van der Waals surface area contributed by atoms with Crippen LogP contribution in [0.25, 0.3) is 6.08 Å². The number of carbonyl (C=O) groups excluding carboxylic acids is 1. The van der Waals surface area contributed by atoms with Gasteiger partial charge in [0.05, 0.1) is 18.2 Å². The lowest BCUT2D eigenvalue weighted by atomic mass is 9.94. The third kappa shape index (κ3) is 4.25. The van der Waals surface area contributed by atoms with Crippen molar-refractivity contribution in [3.05, 3.63) is 71.8 Å². The van der Waals surface area contributed by atoms with Gasteiger partial charge in [-0.25, -0.2) is 4.39 Å². The number of aromatic nitrogens is 1. The molecule has 0 spiro atoms. The molecule has 3 aliphatic heterocycles. The van der Waals surface area contributed by atoms with Crippen molar-refractivity contribution < 1.29 is 9.18 Å². The number of amides is 1. The number of pyridine rings is 1. The van der Waals surface area contributed by atoms with Crippen LogP contribution in [0.2, 0.25) is 0 Å². The molecule has 4 nitrogen and oxygen atoms in total. The fraction of sp³-hybridized carbons (Fsp3) is 0.364. The van der Waals surface area contributed by atoms with E-state index in [4.69, 9.17) is 0 Å². The van der Waals surface area contributed by atoms with Crippen LogP contribution in [0.4, 0.5) is 4.39 Å². The highest BCUT2D eigenvalue weighted by Gasteiger charge is 2.40. The average molecular weight is 365 g/mol. The Morgan fingerprint density at radius 3 is 2.74 bits per heavy atom. The smallest absolute Gasteiger partial charge is 0.227 e. The molecule has 4 heterocycles. The third-order valence-electron chi connectivity index (χ3n) is 5.47. The van der Waals surface area contributed by atoms with Crippen LogP contribution in [0.5, 0.6) is 0 Å². The van der Waals surface area contributed by atoms with E-state index in [1.54, 1.807) is 18.3 Å². The minimum absolute atomic E-state index is 0.0756. The van der Waals surface area contributed by atoms with Crippen LogP contribution in [-0.4, -0.2) is 46.4 Å². The summed E-state index contributed by atoms with van der Waals surface area (Å²) in [4.78, 5) is 21.7. The number of hydrogen-bond donors (Lipinski definition) is 0. The lowest BCUT2D eigenvalue weighted by Gasteiger charge is -2.35. The van der Waals surface area contributed by atoms with Gasteiger partial charge in [-0.3, -0.25) is 14.7 Å². The summed E-state index contributed by atoms with van der Waals surface area (Å²) in [5.41, 5.74) is 1.93. The van der Waals surface area contributed by atoms with Gasteiger partial charge >= 0.3 is 0 Å². The predicted octanol–water partition coefficient (Wildman–Crippen LogP) is 3.36. The second-order valence-corrected chi connectivity index (χ2v) is 7.39. The molecular formula is C22H24FN3O. The number of benzene rings is 1. The number of halogens is 1. The zero-order valence-corrected chi connectivity index (χ0v) is 15.3. The summed E-state index contributed by atoms with van der Waals surface area (Å²) in [6.07, 6.45) is 7.93. The molecule has 140 valence electrons. The lowest BCUT2D eigenvalue weighted by molar-refractivity contribution is -0.140. The minimum atomic E-state index is -0.220.